The molecule has 0 atom stereocenters. The summed E-state index contributed by atoms with van der Waals surface area (Å²) in [6.07, 6.45) is 3.62. The molecule has 0 aliphatic rings. The molecule has 0 bridgehead atoms. The molecule has 110 valence electrons. The molecule has 0 radical (unpaired) electrons. The number of hydrogen-bond acceptors (Lipinski definition) is 3. The second kappa shape index (κ2) is 5.93. The van der Waals surface area contributed by atoms with E-state index in [0.717, 1.165) is 27.7 Å². The molecule has 22 heavy (non-hydrogen) atoms. The molecular weight excluding hydrogens is 274 g/mol. The van der Waals surface area contributed by atoms with Crippen molar-refractivity contribution in [3.05, 3.63) is 65.6 Å². The van der Waals surface area contributed by atoms with Crippen molar-refractivity contribution in [2.75, 3.05) is 5.32 Å². The third kappa shape index (κ3) is 2.81. The summed E-state index contributed by atoms with van der Waals surface area (Å²) in [7, 11) is 0. The van der Waals surface area contributed by atoms with E-state index in [0.29, 0.717) is 12.1 Å². The average Bonchev–Trinajstić information content (AvgIpc) is 2.52. The number of fused-ring (bicyclic) bond motifs is 1. The number of hydrogen-bond donors (Lipinski definition) is 1. The predicted octanol–water partition coefficient (Wildman–Crippen LogP) is 3.43. The highest BCUT2D eigenvalue weighted by atomic mass is 16.1. The molecule has 0 fully saturated rings. The highest BCUT2D eigenvalue weighted by Crippen LogP contribution is 2.23. The van der Waals surface area contributed by atoms with Crippen LogP contribution in [-0.2, 0) is 11.2 Å². The first-order chi connectivity index (χ1) is 10.6. The number of carbonyl (C=O) groups is 1. The van der Waals surface area contributed by atoms with Crippen molar-refractivity contribution < 1.29 is 4.79 Å². The van der Waals surface area contributed by atoms with Crippen LogP contribution in [0, 0.1) is 13.8 Å². The van der Waals surface area contributed by atoms with Crippen molar-refractivity contribution in [3.63, 3.8) is 0 Å². The minimum atomic E-state index is -0.0590. The van der Waals surface area contributed by atoms with Gasteiger partial charge in [0.05, 0.1) is 23.8 Å². The number of benzene rings is 1. The fraction of sp³-hybridized carbons (Fsp3) is 0.167. The van der Waals surface area contributed by atoms with Gasteiger partial charge < -0.3 is 5.32 Å². The molecule has 2 heterocycles. The van der Waals surface area contributed by atoms with E-state index in [2.05, 4.69) is 15.3 Å². The fourth-order valence-corrected chi connectivity index (χ4v) is 2.63. The Labute approximate surface area is 129 Å². The van der Waals surface area contributed by atoms with E-state index in [1.807, 2.05) is 44.2 Å². The van der Waals surface area contributed by atoms with Gasteiger partial charge in [-0.05, 0) is 43.2 Å². The largest absolute Gasteiger partial charge is 0.324 e. The Balaban J connectivity index is 1.89. The van der Waals surface area contributed by atoms with Gasteiger partial charge in [-0.2, -0.15) is 0 Å². The summed E-state index contributed by atoms with van der Waals surface area (Å²) in [6.45, 7) is 4.00. The zero-order valence-electron chi connectivity index (χ0n) is 12.6. The molecule has 2 aromatic heterocycles. The minimum Gasteiger partial charge on any atom is -0.324 e. The first-order valence-corrected chi connectivity index (χ1v) is 7.20. The van der Waals surface area contributed by atoms with E-state index in [-0.39, 0.29) is 5.91 Å². The van der Waals surface area contributed by atoms with Gasteiger partial charge in [0.1, 0.15) is 0 Å². The quantitative estimate of drug-likeness (QED) is 0.804. The molecule has 0 unspecified atom stereocenters. The number of aryl methyl sites for hydroxylation is 2. The van der Waals surface area contributed by atoms with Crippen LogP contribution in [0.25, 0.3) is 10.9 Å². The maximum Gasteiger partial charge on any atom is 0.228 e. The lowest BCUT2D eigenvalue weighted by Crippen LogP contribution is -2.16. The molecule has 4 nitrogen and oxygen atoms in total. The molecule has 0 spiro atoms. The zero-order chi connectivity index (χ0) is 15.5. The number of nitrogens with zero attached hydrogens (tertiary/aromatic N) is 2. The van der Waals surface area contributed by atoms with E-state index < -0.39 is 0 Å². The van der Waals surface area contributed by atoms with Crippen molar-refractivity contribution >= 4 is 22.5 Å². The molecule has 3 aromatic rings. The standard InChI is InChI=1S/C18H17N3O/c1-12-15-7-3-4-8-17(15)20-13(2)16(12)10-18(22)21-14-6-5-9-19-11-14/h3-9,11H,10H2,1-2H3,(H,21,22). The first kappa shape index (κ1) is 14.2. The Morgan fingerprint density at radius 3 is 2.73 bits per heavy atom. The molecular formula is C18H17N3O. The van der Waals surface area contributed by atoms with Gasteiger partial charge in [0.25, 0.3) is 0 Å². The van der Waals surface area contributed by atoms with Crippen molar-refractivity contribution in [2.24, 2.45) is 0 Å². The molecule has 1 N–H and O–H groups in total. The third-order valence-corrected chi connectivity index (χ3v) is 3.77. The molecule has 1 aromatic carbocycles. The molecule has 0 saturated heterocycles. The molecule has 0 aliphatic carbocycles. The maximum absolute atomic E-state index is 12.3. The second-order valence-electron chi connectivity index (χ2n) is 5.28. The van der Waals surface area contributed by atoms with Gasteiger partial charge in [-0.1, -0.05) is 18.2 Å². The Morgan fingerprint density at radius 2 is 1.95 bits per heavy atom. The minimum absolute atomic E-state index is 0.0590. The summed E-state index contributed by atoms with van der Waals surface area (Å²) in [5.74, 6) is -0.0590. The van der Waals surface area contributed by atoms with Crippen molar-refractivity contribution in [3.8, 4) is 0 Å². The lowest BCUT2D eigenvalue weighted by molar-refractivity contribution is -0.115. The number of pyridine rings is 2. The second-order valence-corrected chi connectivity index (χ2v) is 5.28. The van der Waals surface area contributed by atoms with Gasteiger partial charge in [-0.15, -0.1) is 0 Å². The van der Waals surface area contributed by atoms with Gasteiger partial charge >= 0.3 is 0 Å². The summed E-state index contributed by atoms with van der Waals surface area (Å²) in [5, 5.41) is 3.96. The van der Waals surface area contributed by atoms with Crippen LogP contribution in [0.4, 0.5) is 5.69 Å². The van der Waals surface area contributed by atoms with Crippen LogP contribution >= 0.6 is 0 Å². The summed E-state index contributed by atoms with van der Waals surface area (Å²) in [6, 6.07) is 11.6. The van der Waals surface area contributed by atoms with Crippen LogP contribution < -0.4 is 5.32 Å². The monoisotopic (exact) mass is 291 g/mol. The van der Waals surface area contributed by atoms with Crippen LogP contribution in [0.3, 0.4) is 0 Å². The lowest BCUT2D eigenvalue weighted by atomic mass is 9.99. The number of amides is 1. The number of para-hydroxylation sites is 1. The molecule has 0 aliphatic heterocycles. The Bertz CT molecular complexity index is 828. The summed E-state index contributed by atoms with van der Waals surface area (Å²) >= 11 is 0. The van der Waals surface area contributed by atoms with Gasteiger partial charge in [-0.25, -0.2) is 0 Å². The average molecular weight is 291 g/mol. The van der Waals surface area contributed by atoms with E-state index >= 15 is 0 Å². The third-order valence-electron chi connectivity index (χ3n) is 3.77. The van der Waals surface area contributed by atoms with Crippen molar-refractivity contribution in [1.82, 2.24) is 9.97 Å². The number of rotatable bonds is 3. The van der Waals surface area contributed by atoms with Gasteiger partial charge in [0, 0.05) is 17.3 Å². The SMILES string of the molecule is Cc1nc2ccccc2c(C)c1CC(=O)Nc1cccnc1. The number of nitrogens with one attached hydrogen (secondary N) is 1. The molecule has 4 heteroatoms. The summed E-state index contributed by atoms with van der Waals surface area (Å²) in [5.41, 5.74) is 4.67. The van der Waals surface area contributed by atoms with Gasteiger partial charge in [-0.3, -0.25) is 14.8 Å². The van der Waals surface area contributed by atoms with Crippen LogP contribution in [0.15, 0.2) is 48.8 Å². The van der Waals surface area contributed by atoms with E-state index in [9.17, 15) is 4.79 Å². The summed E-state index contributed by atoms with van der Waals surface area (Å²) in [4.78, 5) is 20.9. The van der Waals surface area contributed by atoms with E-state index in [1.54, 1.807) is 18.5 Å². The number of carbonyl (C=O) groups excluding carboxylic acids is 1. The van der Waals surface area contributed by atoms with Crippen LogP contribution in [0.1, 0.15) is 16.8 Å². The Kier molecular flexibility index (Phi) is 3.83. The van der Waals surface area contributed by atoms with Crippen LogP contribution in [0.5, 0.6) is 0 Å². The smallest absolute Gasteiger partial charge is 0.228 e. The van der Waals surface area contributed by atoms with Crippen LogP contribution in [-0.4, -0.2) is 15.9 Å². The van der Waals surface area contributed by atoms with Gasteiger partial charge in [0.15, 0.2) is 0 Å². The normalized spacial score (nSPS) is 10.6. The number of anilines is 1. The maximum atomic E-state index is 12.3. The highest BCUT2D eigenvalue weighted by Gasteiger charge is 2.13. The Morgan fingerprint density at radius 1 is 1.14 bits per heavy atom. The molecule has 3 rings (SSSR count). The molecule has 1 amide bonds. The Hall–Kier alpha value is -2.75. The topological polar surface area (TPSA) is 54.9 Å². The zero-order valence-corrected chi connectivity index (χ0v) is 12.6. The first-order valence-electron chi connectivity index (χ1n) is 7.20. The summed E-state index contributed by atoms with van der Waals surface area (Å²) < 4.78 is 0. The van der Waals surface area contributed by atoms with Crippen molar-refractivity contribution in [2.45, 2.75) is 20.3 Å². The van der Waals surface area contributed by atoms with Gasteiger partial charge in [0.2, 0.25) is 5.91 Å². The highest BCUT2D eigenvalue weighted by molar-refractivity contribution is 5.93. The van der Waals surface area contributed by atoms with Crippen LogP contribution in [0.2, 0.25) is 0 Å². The fourth-order valence-electron chi connectivity index (χ4n) is 2.63. The lowest BCUT2D eigenvalue weighted by Gasteiger charge is -2.12. The van der Waals surface area contributed by atoms with E-state index in [4.69, 9.17) is 0 Å². The van der Waals surface area contributed by atoms with Crippen molar-refractivity contribution in [1.29, 1.82) is 0 Å². The number of aromatic nitrogens is 2. The van der Waals surface area contributed by atoms with E-state index in [1.165, 1.54) is 0 Å². The molecule has 0 saturated carbocycles. The predicted molar refractivity (Wildman–Crippen MR) is 87.8 cm³/mol.